The third-order valence-corrected chi connectivity index (χ3v) is 5.24. The van der Waals surface area contributed by atoms with Gasteiger partial charge in [0.25, 0.3) is 5.91 Å². The fourth-order valence-corrected chi connectivity index (χ4v) is 3.65. The predicted molar refractivity (Wildman–Crippen MR) is 116 cm³/mol. The zero-order valence-electron chi connectivity index (χ0n) is 17.9. The number of benzene rings is 1. The molecule has 9 nitrogen and oxygen atoms in total. The molecule has 0 unspecified atom stereocenters. The van der Waals surface area contributed by atoms with E-state index in [1.165, 1.54) is 18.9 Å². The van der Waals surface area contributed by atoms with Crippen molar-refractivity contribution < 1.29 is 28.6 Å². The van der Waals surface area contributed by atoms with E-state index in [-0.39, 0.29) is 29.9 Å². The minimum absolute atomic E-state index is 0.117. The molecule has 0 saturated carbocycles. The van der Waals surface area contributed by atoms with E-state index in [1.807, 2.05) is 0 Å². The van der Waals surface area contributed by atoms with Gasteiger partial charge in [-0.3, -0.25) is 19.3 Å². The van der Waals surface area contributed by atoms with Crippen molar-refractivity contribution >= 4 is 29.5 Å². The van der Waals surface area contributed by atoms with Crippen molar-refractivity contribution in [3.8, 4) is 11.5 Å². The van der Waals surface area contributed by atoms with Gasteiger partial charge in [-0.2, -0.15) is 0 Å². The normalized spacial score (nSPS) is 16.8. The molecule has 0 spiro atoms. The Morgan fingerprint density at radius 3 is 2.69 bits per heavy atom. The number of amides is 2. The Labute approximate surface area is 185 Å². The first-order valence-corrected chi connectivity index (χ1v) is 10.2. The van der Waals surface area contributed by atoms with Gasteiger partial charge in [0.2, 0.25) is 11.7 Å². The first-order chi connectivity index (χ1) is 15.5. The number of allylic oxidation sites excluding steroid dienone is 1. The largest absolute Gasteiger partial charge is 0.493 e. The number of methoxy groups -OCH3 is 1. The molecule has 3 heterocycles. The number of carbonyl (C=O) groups excluding carboxylic acids is 3. The van der Waals surface area contributed by atoms with Crippen molar-refractivity contribution in [2.45, 2.75) is 6.92 Å². The Balaban J connectivity index is 1.55. The molecule has 2 aromatic rings. The topological polar surface area (TPSA) is 98.3 Å². The van der Waals surface area contributed by atoms with E-state index in [9.17, 15) is 14.4 Å². The third-order valence-electron chi connectivity index (χ3n) is 5.24. The predicted octanol–water partition coefficient (Wildman–Crippen LogP) is 1.92. The van der Waals surface area contributed by atoms with Crippen LogP contribution in [0, 0.1) is 0 Å². The van der Waals surface area contributed by atoms with E-state index in [1.54, 1.807) is 47.5 Å². The first-order valence-electron chi connectivity index (χ1n) is 10.2. The summed E-state index contributed by atoms with van der Waals surface area (Å²) in [5.74, 6) is 0.423. The molecule has 0 bridgehead atoms. The highest BCUT2D eigenvalue weighted by molar-refractivity contribution is 6.26. The summed E-state index contributed by atoms with van der Waals surface area (Å²) in [7, 11) is 1.49. The van der Waals surface area contributed by atoms with Gasteiger partial charge in [0.1, 0.15) is 0 Å². The first kappa shape index (κ1) is 21.5. The van der Waals surface area contributed by atoms with Crippen molar-refractivity contribution in [2.24, 2.45) is 0 Å². The van der Waals surface area contributed by atoms with Crippen LogP contribution in [0.25, 0.3) is 6.08 Å². The monoisotopic (exact) mass is 437 g/mol. The van der Waals surface area contributed by atoms with Gasteiger partial charge in [0.15, 0.2) is 23.9 Å². The number of pyridine rings is 1. The number of ether oxygens (including phenoxy) is 3. The van der Waals surface area contributed by atoms with Crippen LogP contribution in [0.4, 0.5) is 5.82 Å². The van der Waals surface area contributed by atoms with Gasteiger partial charge in [-0.05, 0) is 35.9 Å². The number of anilines is 1. The average Bonchev–Trinajstić information content (AvgIpc) is 3.10. The highest BCUT2D eigenvalue weighted by Gasteiger charge is 2.35. The number of carbonyl (C=O) groups is 3. The van der Waals surface area contributed by atoms with Gasteiger partial charge in [-0.1, -0.05) is 6.07 Å². The highest BCUT2D eigenvalue weighted by atomic mass is 16.5. The minimum atomic E-state index is -0.310. The molecule has 0 atom stereocenters. The zero-order valence-corrected chi connectivity index (χ0v) is 17.9. The van der Waals surface area contributed by atoms with E-state index in [0.717, 1.165) is 0 Å². The molecule has 4 rings (SSSR count). The summed E-state index contributed by atoms with van der Waals surface area (Å²) in [6, 6.07) is 8.38. The molecule has 1 aromatic carbocycles. The number of nitrogens with zero attached hydrogens (tertiary/aromatic N) is 3. The van der Waals surface area contributed by atoms with E-state index < -0.39 is 0 Å². The summed E-state index contributed by atoms with van der Waals surface area (Å²) in [6.07, 6.45) is 3.15. The van der Waals surface area contributed by atoms with Gasteiger partial charge in [0, 0.05) is 26.2 Å². The average molecular weight is 437 g/mol. The number of hydrogen-bond acceptors (Lipinski definition) is 7. The molecule has 9 heteroatoms. The lowest BCUT2D eigenvalue weighted by Crippen LogP contribution is -2.43. The lowest BCUT2D eigenvalue weighted by molar-refractivity contribution is -0.137. The Hall–Kier alpha value is -3.72. The number of ketones is 1. The molecule has 1 aromatic heterocycles. The fourth-order valence-electron chi connectivity index (χ4n) is 3.65. The van der Waals surface area contributed by atoms with Gasteiger partial charge in [-0.25, -0.2) is 4.98 Å². The standard InChI is InChI=1S/C23H23N3O6/c1-15(27)26-18(22(29)17-4-3-7-24-23(17)26)12-16-5-6-19(20(13-16)30-2)32-14-21(28)25-8-10-31-11-9-25/h3-7,12-13H,8-11,14H2,1-2H3/b18-12-. The van der Waals surface area contributed by atoms with Crippen LogP contribution in [0.5, 0.6) is 11.5 Å². The third kappa shape index (κ3) is 4.19. The van der Waals surface area contributed by atoms with Crippen molar-refractivity contribution in [1.82, 2.24) is 9.88 Å². The van der Waals surface area contributed by atoms with Crippen LogP contribution >= 0.6 is 0 Å². The van der Waals surface area contributed by atoms with Crippen molar-refractivity contribution in [1.29, 1.82) is 0 Å². The van der Waals surface area contributed by atoms with Crippen LogP contribution in [-0.4, -0.2) is 67.5 Å². The lowest BCUT2D eigenvalue weighted by Gasteiger charge is -2.26. The Morgan fingerprint density at radius 1 is 1.19 bits per heavy atom. The number of hydrogen-bond donors (Lipinski definition) is 0. The van der Waals surface area contributed by atoms with Crippen LogP contribution in [-0.2, 0) is 14.3 Å². The Bertz CT molecular complexity index is 1090. The summed E-state index contributed by atoms with van der Waals surface area (Å²) in [5.41, 5.74) is 1.23. The summed E-state index contributed by atoms with van der Waals surface area (Å²) in [6.45, 7) is 3.40. The molecule has 166 valence electrons. The van der Waals surface area contributed by atoms with Crippen molar-refractivity contribution in [2.75, 3.05) is 44.9 Å². The summed E-state index contributed by atoms with van der Waals surface area (Å²) < 4.78 is 16.3. The second-order valence-corrected chi connectivity index (χ2v) is 7.28. The smallest absolute Gasteiger partial charge is 0.260 e. The number of Topliss-reactive ketones (excluding diaryl/α,β-unsaturated/α-hetero) is 1. The number of aromatic nitrogens is 1. The van der Waals surface area contributed by atoms with Crippen LogP contribution in [0.1, 0.15) is 22.8 Å². The van der Waals surface area contributed by atoms with Crippen molar-refractivity contribution in [3.63, 3.8) is 0 Å². The second-order valence-electron chi connectivity index (χ2n) is 7.28. The molecular formula is C23H23N3O6. The quantitative estimate of drug-likeness (QED) is 0.659. The molecule has 0 N–H and O–H groups in total. The maximum atomic E-state index is 12.9. The molecular weight excluding hydrogens is 414 g/mol. The molecule has 2 amide bonds. The van der Waals surface area contributed by atoms with Gasteiger partial charge in [0.05, 0.1) is 31.6 Å². The zero-order chi connectivity index (χ0) is 22.7. The molecule has 32 heavy (non-hydrogen) atoms. The summed E-state index contributed by atoms with van der Waals surface area (Å²) >= 11 is 0. The van der Waals surface area contributed by atoms with Crippen LogP contribution in [0.15, 0.2) is 42.2 Å². The van der Waals surface area contributed by atoms with Crippen LogP contribution in [0.2, 0.25) is 0 Å². The SMILES string of the molecule is COc1cc(/C=C2/C(=O)c3cccnc3N2C(C)=O)ccc1OCC(=O)N1CCOCC1. The molecule has 1 fully saturated rings. The lowest BCUT2D eigenvalue weighted by atomic mass is 10.1. The van der Waals surface area contributed by atoms with Crippen LogP contribution in [0.3, 0.4) is 0 Å². The number of fused-ring (bicyclic) bond motifs is 1. The number of rotatable bonds is 5. The van der Waals surface area contributed by atoms with Crippen molar-refractivity contribution in [3.05, 3.63) is 53.4 Å². The van der Waals surface area contributed by atoms with Crippen LogP contribution < -0.4 is 14.4 Å². The fraction of sp³-hybridized carbons (Fsp3) is 0.304. The Kier molecular flexibility index (Phi) is 6.18. The summed E-state index contributed by atoms with van der Waals surface area (Å²) in [4.78, 5) is 44.6. The van der Waals surface area contributed by atoms with E-state index in [2.05, 4.69) is 4.98 Å². The summed E-state index contributed by atoms with van der Waals surface area (Å²) in [5, 5.41) is 0. The van der Waals surface area contributed by atoms with Gasteiger partial charge >= 0.3 is 0 Å². The maximum Gasteiger partial charge on any atom is 0.260 e. The molecule has 0 aliphatic carbocycles. The van der Waals surface area contributed by atoms with Gasteiger partial charge in [-0.15, -0.1) is 0 Å². The van der Waals surface area contributed by atoms with E-state index >= 15 is 0 Å². The number of morpholine rings is 1. The molecule has 1 saturated heterocycles. The minimum Gasteiger partial charge on any atom is -0.493 e. The van der Waals surface area contributed by atoms with Gasteiger partial charge < -0.3 is 19.1 Å². The maximum absolute atomic E-state index is 12.9. The van der Waals surface area contributed by atoms with E-state index in [0.29, 0.717) is 54.7 Å². The van der Waals surface area contributed by atoms with E-state index in [4.69, 9.17) is 14.2 Å². The molecule has 2 aliphatic rings. The highest BCUT2D eigenvalue weighted by Crippen LogP contribution is 2.35. The molecule has 2 aliphatic heterocycles. The second kappa shape index (κ2) is 9.19. The molecule has 0 radical (unpaired) electrons. The Morgan fingerprint density at radius 2 is 1.97 bits per heavy atom.